The monoisotopic (exact) mass is 379 g/mol. The number of hydrogen-bond acceptors (Lipinski definition) is 3. The Kier molecular flexibility index (Phi) is 6.36. The van der Waals surface area contributed by atoms with Crippen molar-refractivity contribution in [1.82, 2.24) is 15.1 Å². The summed E-state index contributed by atoms with van der Waals surface area (Å²) in [5.41, 5.74) is 3.24. The molecule has 2 aromatic rings. The molecule has 23 heavy (non-hydrogen) atoms. The summed E-state index contributed by atoms with van der Waals surface area (Å²) in [6, 6.07) is 8.03. The molecule has 0 saturated carbocycles. The minimum atomic E-state index is -0.752. The lowest BCUT2D eigenvalue weighted by atomic mass is 10.1. The van der Waals surface area contributed by atoms with Gasteiger partial charge in [0.1, 0.15) is 0 Å². The van der Waals surface area contributed by atoms with Crippen molar-refractivity contribution in [2.45, 2.75) is 39.2 Å². The number of benzene rings is 1. The molecule has 6 heteroatoms. The van der Waals surface area contributed by atoms with Gasteiger partial charge in [0.05, 0.1) is 11.4 Å². The zero-order valence-electron chi connectivity index (χ0n) is 13.4. The molecule has 0 unspecified atom stereocenters. The van der Waals surface area contributed by atoms with Gasteiger partial charge in [0, 0.05) is 29.2 Å². The van der Waals surface area contributed by atoms with Gasteiger partial charge in [-0.3, -0.25) is 4.79 Å². The molecule has 1 aromatic carbocycles. The Hall–Kier alpha value is -1.66. The minimum absolute atomic E-state index is 0.197. The van der Waals surface area contributed by atoms with E-state index in [0.717, 1.165) is 21.4 Å². The summed E-state index contributed by atoms with van der Waals surface area (Å²) in [4.78, 5) is 10.5. The predicted octanol–water partition coefficient (Wildman–Crippen LogP) is 3.71. The first-order chi connectivity index (χ1) is 11.0. The maximum absolute atomic E-state index is 10.5. The zero-order chi connectivity index (χ0) is 16.8. The third-order valence-corrected chi connectivity index (χ3v) is 4.05. The Labute approximate surface area is 144 Å². The van der Waals surface area contributed by atoms with E-state index in [-0.39, 0.29) is 6.42 Å². The average Bonchev–Trinajstić information content (AvgIpc) is 2.91. The van der Waals surface area contributed by atoms with Gasteiger partial charge in [-0.2, -0.15) is 5.10 Å². The van der Waals surface area contributed by atoms with E-state index in [4.69, 9.17) is 10.2 Å². The largest absolute Gasteiger partial charge is 0.481 e. The van der Waals surface area contributed by atoms with Crippen LogP contribution in [0.1, 0.15) is 43.9 Å². The van der Waals surface area contributed by atoms with Crippen molar-refractivity contribution in [3.63, 3.8) is 0 Å². The van der Waals surface area contributed by atoms with E-state index in [2.05, 4.69) is 35.1 Å². The minimum Gasteiger partial charge on any atom is -0.481 e. The highest BCUT2D eigenvalue weighted by atomic mass is 79.9. The summed E-state index contributed by atoms with van der Waals surface area (Å²) in [5, 5.41) is 16.7. The smallest absolute Gasteiger partial charge is 0.303 e. The van der Waals surface area contributed by atoms with Gasteiger partial charge < -0.3 is 10.4 Å². The first-order valence-corrected chi connectivity index (χ1v) is 8.53. The molecule has 0 aliphatic carbocycles. The lowest BCUT2D eigenvalue weighted by Gasteiger charge is -2.06. The fourth-order valence-electron chi connectivity index (χ4n) is 2.36. The van der Waals surface area contributed by atoms with Crippen molar-refractivity contribution < 1.29 is 9.90 Å². The summed E-state index contributed by atoms with van der Waals surface area (Å²) in [6.07, 6.45) is 2.87. The molecule has 0 atom stereocenters. The number of nitrogens with one attached hydrogen (secondary N) is 1. The van der Waals surface area contributed by atoms with Gasteiger partial charge in [-0.15, -0.1) is 0 Å². The van der Waals surface area contributed by atoms with Gasteiger partial charge in [-0.05, 0) is 43.1 Å². The highest BCUT2D eigenvalue weighted by molar-refractivity contribution is 9.10. The van der Waals surface area contributed by atoms with Crippen LogP contribution in [-0.4, -0.2) is 27.4 Å². The van der Waals surface area contributed by atoms with E-state index >= 15 is 0 Å². The molecule has 2 N–H and O–H groups in total. The fourth-order valence-corrected chi connectivity index (χ4v) is 2.62. The van der Waals surface area contributed by atoms with E-state index in [1.807, 2.05) is 35.1 Å². The molecule has 0 amide bonds. The van der Waals surface area contributed by atoms with Crippen LogP contribution in [0.25, 0.3) is 5.69 Å². The molecule has 0 aliphatic rings. The van der Waals surface area contributed by atoms with Crippen LogP contribution in [-0.2, 0) is 11.3 Å². The lowest BCUT2D eigenvalue weighted by molar-refractivity contribution is -0.137. The third-order valence-electron chi connectivity index (χ3n) is 3.52. The third kappa shape index (κ3) is 5.18. The molecule has 0 radical (unpaired) electrons. The van der Waals surface area contributed by atoms with Crippen molar-refractivity contribution >= 4 is 21.9 Å². The number of rotatable bonds is 8. The summed E-state index contributed by atoms with van der Waals surface area (Å²) >= 11 is 3.44. The SMILES string of the molecule is CC(C)c1nn(-c2ccc(Br)cc2)cc1CNCCCC(=O)O. The first-order valence-electron chi connectivity index (χ1n) is 7.74. The van der Waals surface area contributed by atoms with Crippen LogP contribution in [0.3, 0.4) is 0 Å². The molecule has 0 spiro atoms. The number of aliphatic carboxylic acids is 1. The normalized spacial score (nSPS) is 11.1. The van der Waals surface area contributed by atoms with Crippen molar-refractivity contribution in [1.29, 1.82) is 0 Å². The number of halogens is 1. The molecule has 5 nitrogen and oxygen atoms in total. The average molecular weight is 380 g/mol. The Morgan fingerprint density at radius 1 is 1.35 bits per heavy atom. The van der Waals surface area contributed by atoms with Crippen molar-refractivity contribution in [3.05, 3.63) is 46.2 Å². The van der Waals surface area contributed by atoms with Crippen molar-refractivity contribution in [2.75, 3.05) is 6.54 Å². The number of nitrogens with zero attached hydrogens (tertiary/aromatic N) is 2. The number of aromatic nitrogens is 2. The number of carboxylic acids is 1. The molecule has 0 aliphatic heterocycles. The summed E-state index contributed by atoms with van der Waals surface area (Å²) in [6.45, 7) is 5.64. The van der Waals surface area contributed by atoms with Gasteiger partial charge >= 0.3 is 5.97 Å². The second-order valence-corrected chi connectivity index (χ2v) is 6.71. The Bertz CT molecular complexity index is 650. The lowest BCUT2D eigenvalue weighted by Crippen LogP contribution is -2.16. The topological polar surface area (TPSA) is 67.2 Å². The zero-order valence-corrected chi connectivity index (χ0v) is 15.0. The van der Waals surface area contributed by atoms with Crippen LogP contribution in [0.4, 0.5) is 0 Å². The van der Waals surface area contributed by atoms with Crippen LogP contribution in [0.5, 0.6) is 0 Å². The highest BCUT2D eigenvalue weighted by Crippen LogP contribution is 2.21. The molecule has 124 valence electrons. The predicted molar refractivity (Wildman–Crippen MR) is 93.9 cm³/mol. The van der Waals surface area contributed by atoms with Crippen LogP contribution in [0, 0.1) is 0 Å². The summed E-state index contributed by atoms with van der Waals surface area (Å²) in [5.74, 6) is -0.416. The molecule has 0 saturated heterocycles. The quantitative estimate of drug-likeness (QED) is 0.686. The van der Waals surface area contributed by atoms with Crippen LogP contribution >= 0.6 is 15.9 Å². The maximum Gasteiger partial charge on any atom is 0.303 e. The van der Waals surface area contributed by atoms with Crippen LogP contribution in [0.15, 0.2) is 34.9 Å². The summed E-state index contributed by atoms with van der Waals surface area (Å²) < 4.78 is 2.94. The van der Waals surface area contributed by atoms with Gasteiger partial charge in [-0.25, -0.2) is 4.68 Å². The second-order valence-electron chi connectivity index (χ2n) is 5.79. The van der Waals surface area contributed by atoms with Gasteiger partial charge in [0.15, 0.2) is 0 Å². The molecular formula is C17H22BrN3O2. The van der Waals surface area contributed by atoms with E-state index in [0.29, 0.717) is 25.4 Å². The maximum atomic E-state index is 10.5. The van der Waals surface area contributed by atoms with Gasteiger partial charge in [0.25, 0.3) is 0 Å². The van der Waals surface area contributed by atoms with E-state index in [9.17, 15) is 4.79 Å². The molecule has 1 heterocycles. The number of carboxylic acid groups (broad SMARTS) is 1. The summed E-state index contributed by atoms with van der Waals surface area (Å²) in [7, 11) is 0. The van der Waals surface area contributed by atoms with Crippen LogP contribution < -0.4 is 5.32 Å². The highest BCUT2D eigenvalue weighted by Gasteiger charge is 2.13. The molecule has 0 bridgehead atoms. The van der Waals surface area contributed by atoms with Gasteiger partial charge in [-0.1, -0.05) is 29.8 Å². The second kappa shape index (κ2) is 8.26. The first kappa shape index (κ1) is 17.7. The van der Waals surface area contributed by atoms with Crippen molar-refractivity contribution in [2.24, 2.45) is 0 Å². The Morgan fingerprint density at radius 3 is 2.65 bits per heavy atom. The number of hydrogen-bond donors (Lipinski definition) is 2. The standard InChI is InChI=1S/C17H22BrN3O2/c1-12(2)17-13(10-19-9-3-4-16(22)23)11-21(20-17)15-7-5-14(18)6-8-15/h5-8,11-12,19H,3-4,9-10H2,1-2H3,(H,22,23). The van der Waals surface area contributed by atoms with Crippen molar-refractivity contribution in [3.8, 4) is 5.69 Å². The molecular weight excluding hydrogens is 358 g/mol. The molecule has 2 rings (SSSR count). The Morgan fingerprint density at radius 2 is 2.04 bits per heavy atom. The Balaban J connectivity index is 2.06. The molecule has 0 fully saturated rings. The van der Waals surface area contributed by atoms with Gasteiger partial charge in [0.2, 0.25) is 0 Å². The molecule has 1 aromatic heterocycles. The van der Waals surface area contributed by atoms with Crippen LogP contribution in [0.2, 0.25) is 0 Å². The van der Waals surface area contributed by atoms with E-state index in [1.165, 1.54) is 0 Å². The van der Waals surface area contributed by atoms with E-state index in [1.54, 1.807) is 0 Å². The van der Waals surface area contributed by atoms with E-state index < -0.39 is 5.97 Å². The fraction of sp³-hybridized carbons (Fsp3) is 0.412. The number of carbonyl (C=O) groups is 1.